The number of aromatic nitrogens is 4. The summed E-state index contributed by atoms with van der Waals surface area (Å²) in [6.07, 6.45) is 3.80. The van der Waals surface area contributed by atoms with E-state index < -0.39 is 5.97 Å². The van der Waals surface area contributed by atoms with Crippen LogP contribution in [-0.2, 0) is 11.2 Å². The van der Waals surface area contributed by atoms with E-state index in [0.717, 1.165) is 39.6 Å². The first-order valence-corrected chi connectivity index (χ1v) is 8.25. The second-order valence-corrected chi connectivity index (χ2v) is 6.10. The first-order valence-electron chi connectivity index (χ1n) is 8.25. The highest BCUT2D eigenvalue weighted by molar-refractivity contribution is 5.92. The van der Waals surface area contributed by atoms with Crippen LogP contribution in [-0.4, -0.2) is 32.1 Å². The predicted molar refractivity (Wildman–Crippen MR) is 92.8 cm³/mol. The second-order valence-electron chi connectivity index (χ2n) is 6.10. The number of carbonyl (C=O) groups excluding carboxylic acids is 1. The molecular formula is C19H18N4O2. The molecule has 0 saturated heterocycles. The van der Waals surface area contributed by atoms with E-state index in [-0.39, 0.29) is 0 Å². The molecule has 1 aliphatic rings. The Morgan fingerprint density at radius 1 is 1.24 bits per heavy atom. The largest absolute Gasteiger partial charge is 0.461 e. The number of nitrogens with zero attached hydrogens (tertiary/aromatic N) is 4. The van der Waals surface area contributed by atoms with Gasteiger partial charge in [0.1, 0.15) is 12.2 Å². The zero-order valence-electron chi connectivity index (χ0n) is 14.4. The molecule has 3 heterocycles. The Morgan fingerprint density at radius 2 is 2.08 bits per heavy atom. The molecule has 6 heteroatoms. The average molecular weight is 334 g/mol. The molecule has 0 atom stereocenters. The van der Waals surface area contributed by atoms with E-state index in [1.165, 1.54) is 6.33 Å². The molecule has 6 nitrogen and oxygen atoms in total. The van der Waals surface area contributed by atoms with Crippen LogP contribution < -0.4 is 0 Å². The Hall–Kier alpha value is -3.02. The number of hydrogen-bond donors (Lipinski definition) is 0. The molecule has 0 fully saturated rings. The summed E-state index contributed by atoms with van der Waals surface area (Å²) < 4.78 is 7.31. The average Bonchev–Trinajstić information content (AvgIpc) is 2.88. The van der Waals surface area contributed by atoms with Gasteiger partial charge < -0.3 is 4.74 Å². The van der Waals surface area contributed by atoms with Crippen molar-refractivity contribution in [3.63, 3.8) is 0 Å². The molecule has 0 amide bonds. The first kappa shape index (κ1) is 15.5. The van der Waals surface area contributed by atoms with Crippen molar-refractivity contribution in [3.05, 3.63) is 59.1 Å². The van der Waals surface area contributed by atoms with Gasteiger partial charge in [0.25, 0.3) is 0 Å². The van der Waals surface area contributed by atoms with Crippen molar-refractivity contribution in [2.24, 2.45) is 0 Å². The van der Waals surface area contributed by atoms with Gasteiger partial charge in [-0.25, -0.2) is 19.7 Å². The van der Waals surface area contributed by atoms with Crippen LogP contribution in [0.3, 0.4) is 0 Å². The number of rotatable bonds is 2. The van der Waals surface area contributed by atoms with Gasteiger partial charge in [-0.05, 0) is 32.4 Å². The van der Waals surface area contributed by atoms with Crippen LogP contribution in [0.4, 0.5) is 0 Å². The van der Waals surface area contributed by atoms with E-state index in [9.17, 15) is 4.79 Å². The summed E-state index contributed by atoms with van der Waals surface area (Å²) in [5.41, 5.74) is 6.03. The van der Waals surface area contributed by atoms with Gasteiger partial charge >= 0.3 is 5.97 Å². The Kier molecular flexibility index (Phi) is 3.60. The van der Waals surface area contributed by atoms with Gasteiger partial charge in [-0.3, -0.25) is 4.57 Å². The fourth-order valence-electron chi connectivity index (χ4n) is 3.34. The molecule has 0 bridgehead atoms. The van der Waals surface area contributed by atoms with E-state index in [1.807, 2.05) is 25.3 Å². The standard InChI is InChI=1S/C19H18N4O2/c1-4-25-19(24)18-15-8-13-9-20-12(3)23(13)16-7-11(2)5-6-14(16)17(15)21-10-22-18/h5-7,9-10H,4,8H2,1-3H3. The van der Waals surface area contributed by atoms with Crippen LogP contribution >= 0.6 is 0 Å². The van der Waals surface area contributed by atoms with Crippen LogP contribution in [0.15, 0.2) is 30.7 Å². The quantitative estimate of drug-likeness (QED) is 0.527. The molecule has 3 aromatic rings. The molecule has 0 radical (unpaired) electrons. The van der Waals surface area contributed by atoms with Gasteiger partial charge in [0.05, 0.1) is 18.0 Å². The minimum absolute atomic E-state index is 0.310. The highest BCUT2D eigenvalue weighted by atomic mass is 16.5. The van der Waals surface area contributed by atoms with Crippen LogP contribution in [0.5, 0.6) is 0 Å². The van der Waals surface area contributed by atoms with E-state index in [0.29, 0.717) is 18.7 Å². The van der Waals surface area contributed by atoms with Crippen molar-refractivity contribution in [1.29, 1.82) is 0 Å². The third kappa shape index (κ3) is 2.41. The fraction of sp³-hybridized carbons (Fsp3) is 0.263. The summed E-state index contributed by atoms with van der Waals surface area (Å²) in [5, 5.41) is 0. The molecule has 126 valence electrons. The van der Waals surface area contributed by atoms with Gasteiger partial charge in [-0.15, -0.1) is 0 Å². The SMILES string of the molecule is CCOC(=O)c1ncnc2c1Cc1cnc(C)n1-c1cc(C)ccc1-2. The van der Waals surface area contributed by atoms with E-state index >= 15 is 0 Å². The first-order chi connectivity index (χ1) is 12.1. The summed E-state index contributed by atoms with van der Waals surface area (Å²) in [6, 6.07) is 6.21. The monoisotopic (exact) mass is 334 g/mol. The van der Waals surface area contributed by atoms with Crippen molar-refractivity contribution in [2.45, 2.75) is 27.2 Å². The van der Waals surface area contributed by atoms with E-state index in [1.54, 1.807) is 6.92 Å². The van der Waals surface area contributed by atoms with Gasteiger partial charge in [0, 0.05) is 29.4 Å². The molecular weight excluding hydrogens is 316 g/mol. The normalized spacial score (nSPS) is 12.0. The third-order valence-electron chi connectivity index (χ3n) is 4.43. The van der Waals surface area contributed by atoms with Crippen LogP contribution in [0.1, 0.15) is 40.1 Å². The summed E-state index contributed by atoms with van der Waals surface area (Å²) >= 11 is 0. The lowest BCUT2D eigenvalue weighted by Gasteiger charge is -2.13. The van der Waals surface area contributed by atoms with Gasteiger partial charge in [-0.1, -0.05) is 12.1 Å². The maximum atomic E-state index is 12.4. The Morgan fingerprint density at radius 3 is 2.88 bits per heavy atom. The maximum absolute atomic E-state index is 12.4. The summed E-state index contributed by atoms with van der Waals surface area (Å²) in [4.78, 5) is 25.5. The molecule has 1 aliphatic heterocycles. The van der Waals surface area contributed by atoms with Gasteiger partial charge in [0.15, 0.2) is 5.69 Å². The second kappa shape index (κ2) is 5.81. The van der Waals surface area contributed by atoms with Crippen LogP contribution in [0.2, 0.25) is 0 Å². The number of imidazole rings is 1. The maximum Gasteiger partial charge on any atom is 0.357 e. The van der Waals surface area contributed by atoms with Crippen molar-refractivity contribution in [1.82, 2.24) is 19.5 Å². The number of benzene rings is 1. The number of hydrogen-bond acceptors (Lipinski definition) is 5. The Labute approximate surface area is 145 Å². The van der Waals surface area contributed by atoms with Gasteiger partial charge in [0.2, 0.25) is 0 Å². The summed E-state index contributed by atoms with van der Waals surface area (Å²) in [5.74, 6) is 0.486. The lowest BCUT2D eigenvalue weighted by Crippen LogP contribution is -2.12. The zero-order chi connectivity index (χ0) is 17.6. The molecule has 0 N–H and O–H groups in total. The number of carbonyl (C=O) groups is 1. The van der Waals surface area contributed by atoms with Crippen molar-refractivity contribution in [2.75, 3.05) is 6.61 Å². The van der Waals surface area contributed by atoms with Crippen LogP contribution in [0, 0.1) is 13.8 Å². The summed E-state index contributed by atoms with van der Waals surface area (Å²) in [7, 11) is 0. The molecule has 0 aliphatic carbocycles. The molecule has 25 heavy (non-hydrogen) atoms. The van der Waals surface area contributed by atoms with Crippen molar-refractivity contribution < 1.29 is 9.53 Å². The predicted octanol–water partition coefficient (Wildman–Crippen LogP) is 3.03. The van der Waals surface area contributed by atoms with E-state index in [2.05, 4.69) is 32.5 Å². The minimum Gasteiger partial charge on any atom is -0.461 e. The Balaban J connectivity index is 2.04. The molecule has 0 unspecified atom stereocenters. The lowest BCUT2D eigenvalue weighted by molar-refractivity contribution is 0.0518. The smallest absolute Gasteiger partial charge is 0.357 e. The Bertz CT molecular complexity index is 991. The molecule has 2 aromatic heterocycles. The number of aryl methyl sites for hydroxylation is 2. The molecule has 4 rings (SSSR count). The highest BCUT2D eigenvalue weighted by Gasteiger charge is 2.27. The fourth-order valence-corrected chi connectivity index (χ4v) is 3.34. The van der Waals surface area contributed by atoms with Crippen LogP contribution in [0.25, 0.3) is 16.9 Å². The highest BCUT2D eigenvalue weighted by Crippen LogP contribution is 2.36. The number of esters is 1. The molecule has 0 saturated carbocycles. The topological polar surface area (TPSA) is 69.9 Å². The van der Waals surface area contributed by atoms with E-state index in [4.69, 9.17) is 4.74 Å². The molecule has 0 spiro atoms. The van der Waals surface area contributed by atoms with Crippen molar-refractivity contribution >= 4 is 5.97 Å². The number of ether oxygens (including phenoxy) is 1. The number of fused-ring (bicyclic) bond motifs is 5. The van der Waals surface area contributed by atoms with Gasteiger partial charge in [-0.2, -0.15) is 0 Å². The molecule has 1 aromatic carbocycles. The lowest BCUT2D eigenvalue weighted by atomic mass is 10.00. The minimum atomic E-state index is -0.417. The zero-order valence-corrected chi connectivity index (χ0v) is 14.4. The van der Waals surface area contributed by atoms with Crippen molar-refractivity contribution in [3.8, 4) is 16.9 Å². The third-order valence-corrected chi connectivity index (χ3v) is 4.43. The summed E-state index contributed by atoms with van der Waals surface area (Å²) in [6.45, 7) is 6.13.